The second-order valence-electron chi connectivity index (χ2n) is 6.21. The molecule has 0 unspecified atom stereocenters. The molecule has 0 saturated carbocycles. The monoisotopic (exact) mass is 426 g/mol. The molecule has 0 radical (unpaired) electrons. The summed E-state index contributed by atoms with van der Waals surface area (Å²) in [5, 5.41) is 2.28. The summed E-state index contributed by atoms with van der Waals surface area (Å²) in [6, 6.07) is 5.88. The summed E-state index contributed by atoms with van der Waals surface area (Å²) in [4.78, 5) is 10.7. The molecule has 1 saturated heterocycles. The number of rotatable bonds is 4. The van der Waals surface area contributed by atoms with Gasteiger partial charge in [-0.3, -0.25) is 0 Å². The molecule has 0 N–H and O–H groups in total. The normalized spacial score (nSPS) is 16.1. The molecule has 0 spiro atoms. The quantitative estimate of drug-likeness (QED) is 0.641. The van der Waals surface area contributed by atoms with Crippen LogP contribution in [0.15, 0.2) is 36.0 Å². The van der Waals surface area contributed by atoms with Crippen LogP contribution in [0.2, 0.25) is 5.02 Å². The van der Waals surface area contributed by atoms with Crippen molar-refractivity contribution in [3.8, 4) is 0 Å². The van der Waals surface area contributed by atoms with Gasteiger partial charge < -0.3 is 4.90 Å². The van der Waals surface area contributed by atoms with Crippen molar-refractivity contribution in [1.82, 2.24) is 14.3 Å². The van der Waals surface area contributed by atoms with E-state index >= 15 is 0 Å². The lowest BCUT2D eigenvalue weighted by Crippen LogP contribution is -2.49. The standard InChI is InChI=1S/C17H16ClFN4O2S2/c18-13-1-2-14(19)12(9-13)10-27(24,25)23-6-4-22(5-7-23)17-16-15(3-8-26-16)20-11-21-17/h1-3,8-9,11H,4-7,10H2. The molecule has 0 aliphatic carbocycles. The van der Waals surface area contributed by atoms with Gasteiger partial charge in [0.05, 0.1) is 16.0 Å². The minimum absolute atomic E-state index is 0.0843. The van der Waals surface area contributed by atoms with E-state index in [1.165, 1.54) is 28.8 Å². The maximum atomic E-state index is 13.9. The molecular weight excluding hydrogens is 411 g/mol. The van der Waals surface area contributed by atoms with Gasteiger partial charge in [0, 0.05) is 36.8 Å². The van der Waals surface area contributed by atoms with Crippen LogP contribution in [0.25, 0.3) is 10.2 Å². The Balaban J connectivity index is 1.48. The van der Waals surface area contributed by atoms with E-state index in [0.29, 0.717) is 31.2 Å². The molecule has 142 valence electrons. The molecule has 3 aromatic rings. The van der Waals surface area contributed by atoms with E-state index in [-0.39, 0.29) is 5.56 Å². The predicted molar refractivity (Wildman–Crippen MR) is 105 cm³/mol. The Labute approximate surface area is 165 Å². The fraction of sp³-hybridized carbons (Fsp3) is 0.294. The van der Waals surface area contributed by atoms with Crippen molar-refractivity contribution in [3.05, 3.63) is 52.4 Å². The van der Waals surface area contributed by atoms with Crippen LogP contribution in [0.4, 0.5) is 10.2 Å². The number of hydrogen-bond donors (Lipinski definition) is 0. The first-order chi connectivity index (χ1) is 12.9. The summed E-state index contributed by atoms with van der Waals surface area (Å²) in [5.41, 5.74) is 0.970. The van der Waals surface area contributed by atoms with E-state index in [1.54, 1.807) is 11.3 Å². The van der Waals surface area contributed by atoms with E-state index in [9.17, 15) is 12.8 Å². The summed E-state index contributed by atoms with van der Waals surface area (Å²) < 4.78 is 41.7. The van der Waals surface area contributed by atoms with Crippen molar-refractivity contribution < 1.29 is 12.8 Å². The van der Waals surface area contributed by atoms with E-state index in [4.69, 9.17) is 11.6 Å². The van der Waals surface area contributed by atoms with Crippen molar-refractivity contribution in [2.45, 2.75) is 5.75 Å². The van der Waals surface area contributed by atoms with Gasteiger partial charge in [0.1, 0.15) is 18.0 Å². The lowest BCUT2D eigenvalue weighted by atomic mass is 10.2. The zero-order valence-corrected chi connectivity index (χ0v) is 16.6. The van der Waals surface area contributed by atoms with Gasteiger partial charge in [-0.25, -0.2) is 22.8 Å². The number of nitrogens with zero attached hydrogens (tertiary/aromatic N) is 4. The maximum absolute atomic E-state index is 13.9. The third-order valence-electron chi connectivity index (χ3n) is 4.50. The number of anilines is 1. The molecule has 1 aliphatic rings. The molecule has 4 rings (SSSR count). The van der Waals surface area contributed by atoms with Gasteiger partial charge in [0.25, 0.3) is 0 Å². The summed E-state index contributed by atoms with van der Waals surface area (Å²) in [5.74, 6) is -0.141. The number of piperazine rings is 1. The molecule has 1 fully saturated rings. The van der Waals surface area contributed by atoms with Gasteiger partial charge in [0.2, 0.25) is 10.0 Å². The maximum Gasteiger partial charge on any atom is 0.218 e. The van der Waals surface area contributed by atoms with E-state index in [2.05, 4.69) is 14.9 Å². The second-order valence-corrected chi connectivity index (χ2v) is 9.53. The SMILES string of the molecule is O=S(=O)(Cc1cc(Cl)ccc1F)N1CCN(c2ncnc3ccsc23)CC1. The van der Waals surface area contributed by atoms with Crippen LogP contribution in [0, 0.1) is 5.82 Å². The lowest BCUT2D eigenvalue weighted by Gasteiger charge is -2.34. The number of fused-ring (bicyclic) bond motifs is 1. The highest BCUT2D eigenvalue weighted by molar-refractivity contribution is 7.88. The smallest absolute Gasteiger partial charge is 0.218 e. The van der Waals surface area contributed by atoms with Crippen LogP contribution in [-0.4, -0.2) is 48.9 Å². The molecule has 0 bridgehead atoms. The number of halogens is 2. The number of benzene rings is 1. The zero-order valence-electron chi connectivity index (χ0n) is 14.2. The summed E-state index contributed by atoms with van der Waals surface area (Å²) in [6.45, 7) is 1.67. The molecule has 2 aromatic heterocycles. The molecular formula is C17H16ClFN4O2S2. The molecule has 1 aromatic carbocycles. The predicted octanol–water partition coefficient (Wildman–Crippen LogP) is 3.14. The van der Waals surface area contributed by atoms with Crippen LogP contribution in [0.5, 0.6) is 0 Å². The fourth-order valence-corrected chi connectivity index (χ4v) is 5.69. The highest BCUT2D eigenvalue weighted by Crippen LogP contribution is 2.29. The number of aromatic nitrogens is 2. The van der Waals surface area contributed by atoms with Gasteiger partial charge in [-0.05, 0) is 29.6 Å². The molecule has 0 atom stereocenters. The number of thiophene rings is 1. The average Bonchev–Trinajstić information content (AvgIpc) is 3.13. The fourth-order valence-electron chi connectivity index (χ4n) is 3.12. The molecule has 6 nitrogen and oxygen atoms in total. The van der Waals surface area contributed by atoms with E-state index in [1.807, 2.05) is 11.4 Å². The first-order valence-corrected chi connectivity index (χ1v) is 11.2. The van der Waals surface area contributed by atoms with Crippen LogP contribution < -0.4 is 4.90 Å². The molecule has 0 amide bonds. The number of sulfonamides is 1. The van der Waals surface area contributed by atoms with Crippen LogP contribution >= 0.6 is 22.9 Å². The minimum atomic E-state index is -3.64. The van der Waals surface area contributed by atoms with Crippen molar-refractivity contribution in [1.29, 1.82) is 0 Å². The van der Waals surface area contributed by atoms with E-state index in [0.717, 1.165) is 16.0 Å². The molecule has 1 aliphatic heterocycles. The van der Waals surface area contributed by atoms with Crippen LogP contribution in [0.3, 0.4) is 0 Å². The minimum Gasteiger partial charge on any atom is -0.353 e. The largest absolute Gasteiger partial charge is 0.353 e. The van der Waals surface area contributed by atoms with Gasteiger partial charge in [-0.2, -0.15) is 4.31 Å². The van der Waals surface area contributed by atoms with Gasteiger partial charge in [-0.1, -0.05) is 11.6 Å². The van der Waals surface area contributed by atoms with Crippen LogP contribution in [0.1, 0.15) is 5.56 Å². The van der Waals surface area contributed by atoms with Crippen molar-refractivity contribution in [3.63, 3.8) is 0 Å². The molecule has 3 heterocycles. The average molecular weight is 427 g/mol. The van der Waals surface area contributed by atoms with Gasteiger partial charge >= 0.3 is 0 Å². The van der Waals surface area contributed by atoms with E-state index < -0.39 is 21.6 Å². The Morgan fingerprint density at radius 1 is 1.15 bits per heavy atom. The topological polar surface area (TPSA) is 66.4 Å². The first-order valence-electron chi connectivity index (χ1n) is 8.29. The van der Waals surface area contributed by atoms with Crippen molar-refractivity contribution in [2.24, 2.45) is 0 Å². The lowest BCUT2D eigenvalue weighted by molar-refractivity contribution is 0.383. The first kappa shape index (κ1) is 18.5. The Morgan fingerprint density at radius 3 is 2.70 bits per heavy atom. The highest BCUT2D eigenvalue weighted by atomic mass is 35.5. The van der Waals surface area contributed by atoms with Crippen LogP contribution in [-0.2, 0) is 15.8 Å². The summed E-state index contributed by atoms with van der Waals surface area (Å²) in [6.07, 6.45) is 1.52. The molecule has 27 heavy (non-hydrogen) atoms. The van der Waals surface area contributed by atoms with Gasteiger partial charge in [-0.15, -0.1) is 11.3 Å². The Bertz CT molecular complexity index is 1080. The zero-order chi connectivity index (χ0) is 19.0. The molecule has 10 heteroatoms. The Kier molecular flexibility index (Phi) is 5.02. The third-order valence-corrected chi connectivity index (χ3v) is 7.46. The van der Waals surface area contributed by atoms with Crippen molar-refractivity contribution in [2.75, 3.05) is 31.1 Å². The summed E-state index contributed by atoms with van der Waals surface area (Å²) in [7, 11) is -3.64. The van der Waals surface area contributed by atoms with Crippen molar-refractivity contribution >= 4 is 49.0 Å². The Hall–Kier alpha value is -1.81. The highest BCUT2D eigenvalue weighted by Gasteiger charge is 2.29. The van der Waals surface area contributed by atoms with Gasteiger partial charge in [0.15, 0.2) is 0 Å². The number of hydrogen-bond acceptors (Lipinski definition) is 6. The summed E-state index contributed by atoms with van der Waals surface area (Å²) >= 11 is 7.43. The Morgan fingerprint density at radius 2 is 1.93 bits per heavy atom. The third kappa shape index (κ3) is 3.77. The second kappa shape index (κ2) is 7.31.